The van der Waals surface area contributed by atoms with Gasteiger partial charge in [-0.15, -0.1) is 0 Å². The van der Waals surface area contributed by atoms with Crippen LogP contribution in [0.2, 0.25) is 0 Å². The van der Waals surface area contributed by atoms with Gasteiger partial charge in [-0.2, -0.15) is 0 Å². The van der Waals surface area contributed by atoms with E-state index < -0.39 is 5.97 Å². The van der Waals surface area contributed by atoms with E-state index >= 15 is 0 Å². The molecule has 0 aliphatic carbocycles. The van der Waals surface area contributed by atoms with Crippen molar-refractivity contribution in [1.29, 1.82) is 0 Å². The molecule has 0 bridgehead atoms. The van der Waals surface area contributed by atoms with E-state index in [9.17, 15) is 4.79 Å². The highest BCUT2D eigenvalue weighted by Crippen LogP contribution is 2.36. The number of carbonyl (C=O) groups is 1. The molecule has 0 saturated carbocycles. The quantitative estimate of drug-likeness (QED) is 0.784. The van der Waals surface area contributed by atoms with Gasteiger partial charge in [0.25, 0.3) is 0 Å². The SMILES string of the molecule is CCCCOc1c(Br)cc(CC(=O)O)cc1OC. The molecule has 4 nitrogen and oxygen atoms in total. The summed E-state index contributed by atoms with van der Waals surface area (Å²) in [6.45, 7) is 2.70. The van der Waals surface area contributed by atoms with E-state index in [1.165, 1.54) is 0 Å². The minimum atomic E-state index is -0.872. The first-order chi connectivity index (χ1) is 8.58. The van der Waals surface area contributed by atoms with Crippen LogP contribution in [0.1, 0.15) is 25.3 Å². The van der Waals surface area contributed by atoms with Crippen molar-refractivity contribution in [1.82, 2.24) is 0 Å². The molecule has 0 spiro atoms. The van der Waals surface area contributed by atoms with E-state index in [4.69, 9.17) is 14.6 Å². The van der Waals surface area contributed by atoms with Gasteiger partial charge in [0.15, 0.2) is 11.5 Å². The van der Waals surface area contributed by atoms with Gasteiger partial charge in [-0.25, -0.2) is 0 Å². The minimum Gasteiger partial charge on any atom is -0.493 e. The summed E-state index contributed by atoms with van der Waals surface area (Å²) in [5.41, 5.74) is 0.675. The van der Waals surface area contributed by atoms with Crippen LogP contribution < -0.4 is 9.47 Å². The first-order valence-electron chi connectivity index (χ1n) is 5.79. The third-order valence-corrected chi connectivity index (χ3v) is 2.98. The first-order valence-corrected chi connectivity index (χ1v) is 6.58. The summed E-state index contributed by atoms with van der Waals surface area (Å²) < 4.78 is 11.6. The van der Waals surface area contributed by atoms with E-state index in [1.54, 1.807) is 19.2 Å². The maximum absolute atomic E-state index is 10.7. The van der Waals surface area contributed by atoms with Gasteiger partial charge in [0.05, 0.1) is 24.6 Å². The topological polar surface area (TPSA) is 55.8 Å². The minimum absolute atomic E-state index is 0.0375. The van der Waals surface area contributed by atoms with Gasteiger partial charge in [0, 0.05) is 0 Å². The third kappa shape index (κ3) is 4.22. The van der Waals surface area contributed by atoms with E-state index in [1.807, 2.05) is 0 Å². The average molecular weight is 317 g/mol. The van der Waals surface area contributed by atoms with Crippen molar-refractivity contribution in [3.05, 3.63) is 22.2 Å². The zero-order chi connectivity index (χ0) is 13.5. The molecule has 0 aliphatic rings. The zero-order valence-electron chi connectivity index (χ0n) is 10.5. The number of unbranched alkanes of at least 4 members (excludes halogenated alkanes) is 1. The Bertz CT molecular complexity index is 418. The van der Waals surface area contributed by atoms with Gasteiger partial charge in [-0.3, -0.25) is 4.79 Å². The molecule has 1 rings (SSSR count). The summed E-state index contributed by atoms with van der Waals surface area (Å²) in [5.74, 6) is 0.306. The van der Waals surface area contributed by atoms with Crippen molar-refractivity contribution < 1.29 is 19.4 Å². The van der Waals surface area contributed by atoms with Crippen LogP contribution in [0.25, 0.3) is 0 Å². The number of halogens is 1. The van der Waals surface area contributed by atoms with E-state index in [-0.39, 0.29) is 6.42 Å². The Morgan fingerprint density at radius 1 is 1.44 bits per heavy atom. The van der Waals surface area contributed by atoms with Crippen LogP contribution in [-0.4, -0.2) is 24.8 Å². The lowest BCUT2D eigenvalue weighted by Gasteiger charge is -2.13. The third-order valence-electron chi connectivity index (χ3n) is 2.39. The Morgan fingerprint density at radius 3 is 2.72 bits per heavy atom. The Labute approximate surface area is 115 Å². The molecule has 0 radical (unpaired) electrons. The van der Waals surface area contributed by atoms with Gasteiger partial charge < -0.3 is 14.6 Å². The van der Waals surface area contributed by atoms with Crippen LogP contribution >= 0.6 is 15.9 Å². The van der Waals surface area contributed by atoms with Crippen molar-refractivity contribution >= 4 is 21.9 Å². The molecular weight excluding hydrogens is 300 g/mol. The second kappa shape index (κ2) is 7.26. The number of carboxylic acid groups (broad SMARTS) is 1. The predicted molar refractivity (Wildman–Crippen MR) is 72.4 cm³/mol. The van der Waals surface area contributed by atoms with Crippen LogP contribution in [0.5, 0.6) is 11.5 Å². The number of benzene rings is 1. The fourth-order valence-electron chi connectivity index (χ4n) is 1.51. The fraction of sp³-hybridized carbons (Fsp3) is 0.462. The van der Waals surface area contributed by atoms with Gasteiger partial charge in [0.1, 0.15) is 0 Å². The molecule has 1 N–H and O–H groups in total. The van der Waals surface area contributed by atoms with E-state index in [0.717, 1.165) is 12.8 Å². The highest BCUT2D eigenvalue weighted by atomic mass is 79.9. The van der Waals surface area contributed by atoms with Crippen molar-refractivity contribution in [3.63, 3.8) is 0 Å². The highest BCUT2D eigenvalue weighted by Gasteiger charge is 2.13. The van der Waals surface area contributed by atoms with E-state index in [2.05, 4.69) is 22.9 Å². The highest BCUT2D eigenvalue weighted by molar-refractivity contribution is 9.10. The van der Waals surface area contributed by atoms with Crippen LogP contribution in [0, 0.1) is 0 Å². The molecular formula is C13H17BrO4. The summed E-state index contributed by atoms with van der Waals surface area (Å²) in [4.78, 5) is 10.7. The average Bonchev–Trinajstić information content (AvgIpc) is 2.30. The Kier molecular flexibility index (Phi) is 5.98. The molecule has 0 unspecified atom stereocenters. The molecule has 18 heavy (non-hydrogen) atoms. The molecule has 0 aromatic heterocycles. The number of hydrogen-bond acceptors (Lipinski definition) is 3. The zero-order valence-corrected chi connectivity index (χ0v) is 12.1. The van der Waals surface area contributed by atoms with Crippen LogP contribution in [0.4, 0.5) is 0 Å². The summed E-state index contributed by atoms with van der Waals surface area (Å²) in [7, 11) is 1.54. The summed E-state index contributed by atoms with van der Waals surface area (Å²) >= 11 is 3.38. The molecule has 0 atom stereocenters. The van der Waals surface area contributed by atoms with Crippen molar-refractivity contribution in [3.8, 4) is 11.5 Å². The Hall–Kier alpha value is -1.23. The van der Waals surface area contributed by atoms with Gasteiger partial charge in [-0.1, -0.05) is 13.3 Å². The lowest BCUT2D eigenvalue weighted by molar-refractivity contribution is -0.136. The largest absolute Gasteiger partial charge is 0.493 e. The standard InChI is InChI=1S/C13H17BrO4/c1-3-4-5-18-13-10(14)6-9(8-12(15)16)7-11(13)17-2/h6-7H,3-5,8H2,1-2H3,(H,15,16). The molecule has 0 saturated heterocycles. The number of carboxylic acids is 1. The maximum atomic E-state index is 10.7. The predicted octanol–water partition coefficient (Wildman–Crippen LogP) is 3.26. The maximum Gasteiger partial charge on any atom is 0.307 e. The number of methoxy groups -OCH3 is 1. The van der Waals surface area contributed by atoms with Gasteiger partial charge in [-0.05, 0) is 40.0 Å². The van der Waals surface area contributed by atoms with Crippen molar-refractivity contribution in [2.75, 3.05) is 13.7 Å². The molecule has 1 aromatic rings. The monoisotopic (exact) mass is 316 g/mol. The van der Waals surface area contributed by atoms with E-state index in [0.29, 0.717) is 28.1 Å². The molecule has 0 amide bonds. The van der Waals surface area contributed by atoms with Crippen LogP contribution in [0.3, 0.4) is 0 Å². The Morgan fingerprint density at radius 2 is 2.17 bits per heavy atom. The number of hydrogen-bond donors (Lipinski definition) is 1. The number of aliphatic carboxylic acids is 1. The molecule has 100 valence electrons. The lowest BCUT2D eigenvalue weighted by Crippen LogP contribution is -2.03. The smallest absolute Gasteiger partial charge is 0.307 e. The summed E-state index contributed by atoms with van der Waals surface area (Å²) in [6, 6.07) is 3.44. The second-order valence-corrected chi connectivity index (χ2v) is 4.74. The van der Waals surface area contributed by atoms with Crippen LogP contribution in [0.15, 0.2) is 16.6 Å². The van der Waals surface area contributed by atoms with Gasteiger partial charge in [0.2, 0.25) is 0 Å². The molecule has 0 fully saturated rings. The fourth-order valence-corrected chi connectivity index (χ4v) is 2.11. The molecule has 0 aliphatic heterocycles. The summed E-state index contributed by atoms with van der Waals surface area (Å²) in [5, 5.41) is 8.78. The molecule has 0 heterocycles. The van der Waals surface area contributed by atoms with Gasteiger partial charge >= 0.3 is 5.97 Å². The normalized spacial score (nSPS) is 10.2. The number of ether oxygens (including phenoxy) is 2. The molecule has 1 aromatic carbocycles. The first kappa shape index (κ1) is 14.8. The van der Waals surface area contributed by atoms with Crippen LogP contribution in [-0.2, 0) is 11.2 Å². The van der Waals surface area contributed by atoms with Crippen molar-refractivity contribution in [2.24, 2.45) is 0 Å². The lowest BCUT2D eigenvalue weighted by atomic mass is 10.1. The summed E-state index contributed by atoms with van der Waals surface area (Å²) in [6.07, 6.45) is 1.98. The number of rotatable bonds is 7. The Balaban J connectivity index is 2.92. The van der Waals surface area contributed by atoms with Crippen molar-refractivity contribution in [2.45, 2.75) is 26.2 Å². The second-order valence-electron chi connectivity index (χ2n) is 3.88. The molecule has 5 heteroatoms.